The van der Waals surface area contributed by atoms with Gasteiger partial charge in [0.15, 0.2) is 0 Å². The van der Waals surface area contributed by atoms with Gasteiger partial charge in [-0.1, -0.05) is 12.1 Å². The molecule has 0 heterocycles. The lowest BCUT2D eigenvalue weighted by Gasteiger charge is -2.13. The van der Waals surface area contributed by atoms with Crippen molar-refractivity contribution in [2.24, 2.45) is 0 Å². The Balaban J connectivity index is 1.63. The zero-order valence-electron chi connectivity index (χ0n) is 15.1. The maximum atomic E-state index is 11.9. The van der Waals surface area contributed by atoms with E-state index in [4.69, 9.17) is 9.47 Å². The van der Waals surface area contributed by atoms with Gasteiger partial charge < -0.3 is 19.7 Å². The maximum Gasteiger partial charge on any atom is 0.220 e. The van der Waals surface area contributed by atoms with E-state index >= 15 is 0 Å². The Labute approximate surface area is 149 Å². The fourth-order valence-corrected chi connectivity index (χ4v) is 2.30. The first-order valence-electron chi connectivity index (χ1n) is 8.38. The predicted octanol–water partition coefficient (Wildman–Crippen LogP) is 3.24. The third kappa shape index (κ3) is 6.37. The van der Waals surface area contributed by atoms with Crippen molar-refractivity contribution < 1.29 is 14.3 Å². The molecular formula is C20H26N2O3. The van der Waals surface area contributed by atoms with Crippen molar-refractivity contribution >= 4 is 11.6 Å². The number of hydrogen-bond acceptors (Lipinski definition) is 4. The molecule has 1 N–H and O–H groups in total. The molecule has 25 heavy (non-hydrogen) atoms. The van der Waals surface area contributed by atoms with Gasteiger partial charge in [0.25, 0.3) is 0 Å². The van der Waals surface area contributed by atoms with Crippen LogP contribution in [0, 0.1) is 0 Å². The number of amides is 1. The van der Waals surface area contributed by atoms with Gasteiger partial charge in [0, 0.05) is 32.7 Å². The Morgan fingerprint density at radius 3 is 2.24 bits per heavy atom. The number of carbonyl (C=O) groups excluding carboxylic acids is 1. The molecule has 0 saturated heterocycles. The normalized spacial score (nSPS) is 10.2. The number of anilines is 1. The fourth-order valence-electron chi connectivity index (χ4n) is 2.30. The summed E-state index contributed by atoms with van der Waals surface area (Å²) in [6.45, 7) is 1.06. The molecule has 5 nitrogen and oxygen atoms in total. The van der Waals surface area contributed by atoms with E-state index in [1.807, 2.05) is 67.5 Å². The zero-order chi connectivity index (χ0) is 18.1. The number of carbonyl (C=O) groups is 1. The van der Waals surface area contributed by atoms with Gasteiger partial charge in [-0.15, -0.1) is 0 Å². The van der Waals surface area contributed by atoms with E-state index in [1.165, 1.54) is 0 Å². The van der Waals surface area contributed by atoms with Gasteiger partial charge in [0.05, 0.1) is 13.7 Å². The Kier molecular flexibility index (Phi) is 7.14. The molecule has 0 aliphatic heterocycles. The van der Waals surface area contributed by atoms with Gasteiger partial charge in [-0.2, -0.15) is 0 Å². The average molecular weight is 342 g/mol. The third-order valence-corrected chi connectivity index (χ3v) is 3.82. The minimum Gasteiger partial charge on any atom is -0.497 e. The minimum absolute atomic E-state index is 0.0371. The van der Waals surface area contributed by atoms with E-state index in [0.717, 1.165) is 22.7 Å². The van der Waals surface area contributed by atoms with Gasteiger partial charge in [-0.25, -0.2) is 0 Å². The molecule has 2 aromatic rings. The molecule has 134 valence electrons. The smallest absolute Gasteiger partial charge is 0.220 e. The van der Waals surface area contributed by atoms with Crippen LogP contribution in [0.1, 0.15) is 18.4 Å². The Hall–Kier alpha value is -2.69. The van der Waals surface area contributed by atoms with E-state index in [1.54, 1.807) is 7.11 Å². The summed E-state index contributed by atoms with van der Waals surface area (Å²) in [6, 6.07) is 15.6. The molecule has 0 aromatic heterocycles. The minimum atomic E-state index is 0.0371. The van der Waals surface area contributed by atoms with Crippen LogP contribution >= 0.6 is 0 Å². The second kappa shape index (κ2) is 9.57. The quantitative estimate of drug-likeness (QED) is 0.711. The molecule has 0 aliphatic carbocycles. The number of nitrogens with zero attached hydrogens (tertiary/aromatic N) is 1. The fraction of sp³-hybridized carbons (Fsp3) is 0.350. The summed E-state index contributed by atoms with van der Waals surface area (Å²) in [6.07, 6.45) is 1.13. The van der Waals surface area contributed by atoms with Crippen LogP contribution in [0.2, 0.25) is 0 Å². The Morgan fingerprint density at radius 1 is 1.00 bits per heavy atom. The molecule has 0 saturated carbocycles. The molecule has 0 bridgehead atoms. The predicted molar refractivity (Wildman–Crippen MR) is 100 cm³/mol. The highest BCUT2D eigenvalue weighted by Gasteiger charge is 2.03. The zero-order valence-corrected chi connectivity index (χ0v) is 15.1. The topological polar surface area (TPSA) is 50.8 Å². The van der Waals surface area contributed by atoms with Crippen molar-refractivity contribution in [2.45, 2.75) is 19.4 Å². The molecule has 0 radical (unpaired) electrons. The molecule has 0 spiro atoms. The molecule has 2 rings (SSSR count). The highest BCUT2D eigenvalue weighted by atomic mass is 16.5. The Morgan fingerprint density at radius 2 is 1.64 bits per heavy atom. The van der Waals surface area contributed by atoms with Crippen molar-refractivity contribution in [1.82, 2.24) is 5.32 Å². The first-order chi connectivity index (χ1) is 12.1. The van der Waals surface area contributed by atoms with E-state index in [9.17, 15) is 4.79 Å². The monoisotopic (exact) mass is 342 g/mol. The number of methoxy groups -OCH3 is 1. The van der Waals surface area contributed by atoms with Gasteiger partial charge in [-0.3, -0.25) is 4.79 Å². The molecule has 1 amide bonds. The molecule has 0 unspecified atom stereocenters. The summed E-state index contributed by atoms with van der Waals surface area (Å²) in [5.41, 5.74) is 2.24. The van der Waals surface area contributed by atoms with Crippen LogP contribution in [-0.4, -0.2) is 33.7 Å². The van der Waals surface area contributed by atoms with Gasteiger partial charge in [0.2, 0.25) is 5.91 Å². The molecule has 5 heteroatoms. The van der Waals surface area contributed by atoms with Crippen LogP contribution in [0.25, 0.3) is 0 Å². The van der Waals surface area contributed by atoms with Crippen molar-refractivity contribution in [3.63, 3.8) is 0 Å². The van der Waals surface area contributed by atoms with Crippen molar-refractivity contribution in [3.8, 4) is 11.5 Å². The maximum absolute atomic E-state index is 11.9. The van der Waals surface area contributed by atoms with Gasteiger partial charge in [-0.05, 0) is 48.4 Å². The lowest BCUT2D eigenvalue weighted by Crippen LogP contribution is -2.23. The summed E-state index contributed by atoms with van der Waals surface area (Å²) >= 11 is 0. The Bertz CT molecular complexity index is 652. The number of nitrogens with one attached hydrogen (secondary N) is 1. The average Bonchev–Trinajstić information content (AvgIpc) is 2.64. The second-order valence-electron chi connectivity index (χ2n) is 5.97. The lowest BCUT2D eigenvalue weighted by molar-refractivity contribution is -0.121. The second-order valence-corrected chi connectivity index (χ2v) is 5.97. The molecule has 0 aliphatic rings. The highest BCUT2D eigenvalue weighted by molar-refractivity contribution is 5.75. The molecule has 0 atom stereocenters. The summed E-state index contributed by atoms with van der Waals surface area (Å²) in [7, 11) is 5.64. The van der Waals surface area contributed by atoms with Crippen LogP contribution in [0.4, 0.5) is 5.69 Å². The number of benzene rings is 2. The van der Waals surface area contributed by atoms with Crippen LogP contribution in [0.15, 0.2) is 48.5 Å². The summed E-state index contributed by atoms with van der Waals surface area (Å²) in [4.78, 5) is 13.9. The van der Waals surface area contributed by atoms with E-state index in [0.29, 0.717) is 26.0 Å². The number of ether oxygens (including phenoxy) is 2. The summed E-state index contributed by atoms with van der Waals surface area (Å²) in [5, 5.41) is 2.94. The van der Waals surface area contributed by atoms with Crippen molar-refractivity contribution in [1.29, 1.82) is 0 Å². The largest absolute Gasteiger partial charge is 0.497 e. The van der Waals surface area contributed by atoms with Gasteiger partial charge >= 0.3 is 0 Å². The standard InChI is InChI=1S/C20H26N2O3/c1-22(2)17-8-6-16(7-9-17)15-21-20(23)5-4-14-25-19-12-10-18(24-3)11-13-19/h6-13H,4-5,14-15H2,1-3H3,(H,21,23). The van der Waals surface area contributed by atoms with E-state index in [2.05, 4.69) is 5.32 Å². The first-order valence-corrected chi connectivity index (χ1v) is 8.38. The lowest BCUT2D eigenvalue weighted by atomic mass is 10.2. The number of hydrogen-bond donors (Lipinski definition) is 1. The van der Waals surface area contributed by atoms with Crippen LogP contribution in [0.5, 0.6) is 11.5 Å². The molecule has 0 fully saturated rings. The van der Waals surface area contributed by atoms with Crippen molar-refractivity contribution in [3.05, 3.63) is 54.1 Å². The van der Waals surface area contributed by atoms with E-state index < -0.39 is 0 Å². The third-order valence-electron chi connectivity index (χ3n) is 3.82. The van der Waals surface area contributed by atoms with Crippen LogP contribution in [-0.2, 0) is 11.3 Å². The number of rotatable bonds is 9. The van der Waals surface area contributed by atoms with Crippen molar-refractivity contribution in [2.75, 3.05) is 32.7 Å². The van der Waals surface area contributed by atoms with Crippen LogP contribution in [0.3, 0.4) is 0 Å². The summed E-state index contributed by atoms with van der Waals surface area (Å²) < 4.78 is 10.7. The highest BCUT2D eigenvalue weighted by Crippen LogP contribution is 2.17. The molecule has 2 aromatic carbocycles. The summed E-state index contributed by atoms with van der Waals surface area (Å²) in [5.74, 6) is 1.61. The SMILES string of the molecule is COc1ccc(OCCCC(=O)NCc2ccc(N(C)C)cc2)cc1. The molecular weight excluding hydrogens is 316 g/mol. The first kappa shape index (κ1) is 18.6. The van der Waals surface area contributed by atoms with E-state index in [-0.39, 0.29) is 5.91 Å². The van der Waals surface area contributed by atoms with Gasteiger partial charge in [0.1, 0.15) is 11.5 Å². The van der Waals surface area contributed by atoms with Crippen LogP contribution < -0.4 is 19.7 Å².